The zero-order valence-electron chi connectivity index (χ0n) is 12.3. The van der Waals surface area contributed by atoms with E-state index in [1.165, 1.54) is 6.08 Å². The minimum absolute atomic E-state index is 0.0986. The Morgan fingerprint density at radius 1 is 1.38 bits per heavy atom. The summed E-state index contributed by atoms with van der Waals surface area (Å²) >= 11 is 0. The van der Waals surface area contributed by atoms with E-state index in [2.05, 4.69) is 10.7 Å². The first-order valence-electron chi connectivity index (χ1n) is 6.38. The van der Waals surface area contributed by atoms with Gasteiger partial charge in [0.15, 0.2) is 6.61 Å². The largest absolute Gasteiger partial charge is 0.509 e. The van der Waals surface area contributed by atoms with Crippen molar-refractivity contribution in [1.29, 1.82) is 0 Å². The molecule has 118 valence electrons. The van der Waals surface area contributed by atoms with Crippen molar-refractivity contribution in [3.63, 3.8) is 0 Å². The molecule has 21 heavy (non-hydrogen) atoms. The molecule has 7 heteroatoms. The molecule has 0 saturated carbocycles. The van der Waals surface area contributed by atoms with Crippen molar-refractivity contribution in [1.82, 2.24) is 4.90 Å². The third kappa shape index (κ3) is 11.5. The van der Waals surface area contributed by atoms with Gasteiger partial charge >= 0.3 is 12.1 Å². The Morgan fingerprint density at radius 2 is 2.10 bits per heavy atom. The summed E-state index contributed by atoms with van der Waals surface area (Å²) in [5, 5.41) is 9.66. The average molecular weight is 299 g/mol. The molecule has 0 spiro atoms. The highest BCUT2D eigenvalue weighted by atomic mass is 16.7. The highest BCUT2D eigenvalue weighted by Gasteiger charge is 2.11. The number of esters is 1. The highest BCUT2D eigenvalue weighted by molar-refractivity contribution is 5.81. The number of aliphatic hydroxyl groups excluding tert-OH is 1. The monoisotopic (exact) mass is 299 g/mol. The fourth-order valence-corrected chi connectivity index (χ4v) is 1.29. The summed E-state index contributed by atoms with van der Waals surface area (Å²) in [4.78, 5) is 23.7. The van der Waals surface area contributed by atoms with Gasteiger partial charge in [0, 0.05) is 19.2 Å². The molecule has 0 aromatic rings. The van der Waals surface area contributed by atoms with Crippen LogP contribution < -0.4 is 0 Å². The van der Waals surface area contributed by atoms with Crippen molar-refractivity contribution < 1.29 is 28.9 Å². The van der Waals surface area contributed by atoms with Crippen LogP contribution in [0.15, 0.2) is 12.2 Å². The van der Waals surface area contributed by atoms with Crippen LogP contribution in [0.3, 0.4) is 0 Å². The van der Waals surface area contributed by atoms with E-state index in [4.69, 9.17) is 15.9 Å². The summed E-state index contributed by atoms with van der Waals surface area (Å²) in [6, 6.07) is 0. The van der Waals surface area contributed by atoms with Gasteiger partial charge in [0.2, 0.25) is 0 Å². The normalized spacial score (nSPS) is 12.0. The molecule has 0 aliphatic carbocycles. The topological polar surface area (TPSA) is 85.3 Å². The molecule has 1 N–H and O–H groups in total. The van der Waals surface area contributed by atoms with Gasteiger partial charge in [-0.1, -0.05) is 12.0 Å². The second-order valence-electron chi connectivity index (χ2n) is 4.14. The maximum absolute atomic E-state index is 11.0. The maximum atomic E-state index is 11.0. The number of carbonyl (C=O) groups excluding carboxylic acids is 2. The SMILES string of the molecule is C#CCOC(=O)OCCN(C)CC(O)COC(=O)C=CC. The Bertz CT molecular complexity index is 387. The Kier molecular flexibility index (Phi) is 10.6. The molecule has 0 aromatic heterocycles. The molecule has 0 heterocycles. The van der Waals surface area contributed by atoms with Crippen molar-refractivity contribution in [3.8, 4) is 12.3 Å². The fourth-order valence-electron chi connectivity index (χ4n) is 1.29. The third-order valence-electron chi connectivity index (χ3n) is 2.21. The van der Waals surface area contributed by atoms with E-state index in [9.17, 15) is 14.7 Å². The summed E-state index contributed by atoms with van der Waals surface area (Å²) in [5.41, 5.74) is 0. The van der Waals surface area contributed by atoms with Gasteiger partial charge in [-0.15, -0.1) is 6.42 Å². The van der Waals surface area contributed by atoms with E-state index in [1.807, 2.05) is 0 Å². The van der Waals surface area contributed by atoms with Crippen LogP contribution in [0.2, 0.25) is 0 Å². The average Bonchev–Trinajstić information content (AvgIpc) is 2.43. The smallest absolute Gasteiger partial charge is 0.460 e. The van der Waals surface area contributed by atoms with Crippen LogP contribution in [0.5, 0.6) is 0 Å². The van der Waals surface area contributed by atoms with Gasteiger partial charge < -0.3 is 24.2 Å². The first-order chi connectivity index (χ1) is 9.99. The number of ether oxygens (including phenoxy) is 3. The lowest BCUT2D eigenvalue weighted by Crippen LogP contribution is -2.35. The van der Waals surface area contributed by atoms with Gasteiger partial charge in [0.1, 0.15) is 19.3 Å². The van der Waals surface area contributed by atoms with Gasteiger partial charge in [-0.05, 0) is 14.0 Å². The highest BCUT2D eigenvalue weighted by Crippen LogP contribution is 1.93. The number of hydrogen-bond acceptors (Lipinski definition) is 7. The minimum atomic E-state index is -0.831. The summed E-state index contributed by atoms with van der Waals surface area (Å²) in [6.07, 6.45) is 6.09. The Balaban J connectivity index is 3.73. The van der Waals surface area contributed by atoms with Crippen LogP contribution in [-0.2, 0) is 19.0 Å². The van der Waals surface area contributed by atoms with Crippen molar-refractivity contribution in [3.05, 3.63) is 12.2 Å². The van der Waals surface area contributed by atoms with Crippen molar-refractivity contribution in [2.75, 3.05) is 40.0 Å². The Labute approximate surface area is 124 Å². The van der Waals surface area contributed by atoms with Crippen molar-refractivity contribution >= 4 is 12.1 Å². The summed E-state index contributed by atoms with van der Waals surface area (Å²) in [6.45, 7) is 2.23. The maximum Gasteiger partial charge on any atom is 0.509 e. The van der Waals surface area contributed by atoms with Crippen LogP contribution >= 0.6 is 0 Å². The minimum Gasteiger partial charge on any atom is -0.460 e. The van der Waals surface area contributed by atoms with E-state index in [1.54, 1.807) is 24.9 Å². The number of likely N-dealkylation sites (N-methyl/N-ethyl adjacent to an activating group) is 1. The first-order valence-corrected chi connectivity index (χ1v) is 6.38. The number of hydrogen-bond donors (Lipinski definition) is 1. The van der Waals surface area contributed by atoms with E-state index in [0.717, 1.165) is 0 Å². The van der Waals surface area contributed by atoms with Crippen LogP contribution in [0, 0.1) is 12.3 Å². The molecule has 1 unspecified atom stereocenters. The molecule has 0 aromatic carbocycles. The van der Waals surface area contributed by atoms with Gasteiger partial charge in [-0.3, -0.25) is 0 Å². The molecule has 0 bridgehead atoms. The quantitative estimate of drug-likeness (QED) is 0.369. The van der Waals surface area contributed by atoms with E-state index < -0.39 is 18.2 Å². The van der Waals surface area contributed by atoms with Crippen LogP contribution in [0.25, 0.3) is 0 Å². The Hall–Kier alpha value is -2.04. The van der Waals surface area contributed by atoms with Crippen LogP contribution in [0.4, 0.5) is 4.79 Å². The molecule has 0 aliphatic rings. The second kappa shape index (κ2) is 11.8. The van der Waals surface area contributed by atoms with E-state index in [-0.39, 0.29) is 26.4 Å². The third-order valence-corrected chi connectivity index (χ3v) is 2.21. The molecule has 7 nitrogen and oxygen atoms in total. The zero-order chi connectivity index (χ0) is 16.1. The molecule has 1 atom stereocenters. The van der Waals surface area contributed by atoms with Crippen molar-refractivity contribution in [2.24, 2.45) is 0 Å². The number of allylic oxidation sites excluding steroid dienone is 1. The lowest BCUT2D eigenvalue weighted by atomic mass is 10.3. The summed E-state index contributed by atoms with van der Waals surface area (Å²) in [7, 11) is 1.73. The van der Waals surface area contributed by atoms with Crippen molar-refractivity contribution in [2.45, 2.75) is 13.0 Å². The molecule has 0 aliphatic heterocycles. The summed E-state index contributed by atoms with van der Waals surface area (Å²) < 4.78 is 14.1. The second-order valence-corrected chi connectivity index (χ2v) is 4.14. The first kappa shape index (κ1) is 19.0. The molecular weight excluding hydrogens is 278 g/mol. The lowest BCUT2D eigenvalue weighted by Gasteiger charge is -2.19. The zero-order valence-corrected chi connectivity index (χ0v) is 12.3. The van der Waals surface area contributed by atoms with E-state index >= 15 is 0 Å². The number of carbonyl (C=O) groups is 2. The number of aliphatic hydroxyl groups is 1. The molecule has 0 fully saturated rings. The van der Waals surface area contributed by atoms with Gasteiger partial charge in [-0.2, -0.15) is 0 Å². The molecule has 0 saturated heterocycles. The van der Waals surface area contributed by atoms with Gasteiger partial charge in [-0.25, -0.2) is 9.59 Å². The Morgan fingerprint density at radius 3 is 2.71 bits per heavy atom. The molecule has 0 rings (SSSR count). The molecule has 0 amide bonds. The number of rotatable bonds is 9. The predicted octanol–water partition coefficient (Wildman–Crippen LogP) is 0.185. The van der Waals surface area contributed by atoms with Crippen LogP contribution in [-0.4, -0.2) is 68.2 Å². The summed E-state index contributed by atoms with van der Waals surface area (Å²) in [5.74, 6) is 1.64. The van der Waals surface area contributed by atoms with Crippen LogP contribution in [0.1, 0.15) is 6.92 Å². The number of nitrogens with zero attached hydrogens (tertiary/aromatic N) is 1. The standard InChI is InChI=1S/C14H21NO6/c1-4-6-13(17)21-11-12(16)10-15(3)7-9-20-14(18)19-8-5-2/h2,4,6,12,16H,7-11H2,1,3H3. The van der Waals surface area contributed by atoms with E-state index in [0.29, 0.717) is 6.54 Å². The van der Waals surface area contributed by atoms with Gasteiger partial charge in [0.25, 0.3) is 0 Å². The predicted molar refractivity (Wildman–Crippen MR) is 75.4 cm³/mol. The lowest BCUT2D eigenvalue weighted by molar-refractivity contribution is -0.141. The fraction of sp³-hybridized carbons (Fsp3) is 0.571. The number of terminal acetylenes is 1. The van der Waals surface area contributed by atoms with Gasteiger partial charge in [0.05, 0.1) is 0 Å². The molecular formula is C14H21NO6. The molecule has 0 radical (unpaired) electrons.